The number of nitrogens with zero attached hydrogens (tertiary/aromatic N) is 3. The van der Waals surface area contributed by atoms with Gasteiger partial charge in [0.05, 0.1) is 24.2 Å². The Hall–Kier alpha value is -4.78. The average Bonchev–Trinajstić information content (AvgIpc) is 3.48. The Morgan fingerprint density at radius 1 is 1.13 bits per heavy atom. The zero-order chi connectivity index (χ0) is 27.8. The van der Waals surface area contributed by atoms with Crippen LogP contribution in [-0.4, -0.2) is 41.6 Å². The number of hydrogen-bond donors (Lipinski definition) is 1. The molecule has 1 aliphatic heterocycles. The number of carbonyl (C=O) groups is 2. The van der Waals surface area contributed by atoms with Crippen molar-refractivity contribution in [2.75, 3.05) is 13.6 Å². The van der Waals surface area contributed by atoms with Crippen LogP contribution < -0.4 is 5.32 Å². The minimum absolute atomic E-state index is 0.0370. The maximum absolute atomic E-state index is 13.8. The minimum Gasteiger partial charge on any atom is -0.442 e. The summed E-state index contributed by atoms with van der Waals surface area (Å²) >= 11 is 0. The van der Waals surface area contributed by atoms with Gasteiger partial charge >= 0.3 is 6.09 Å². The van der Waals surface area contributed by atoms with Crippen LogP contribution in [-0.2, 0) is 4.74 Å². The lowest BCUT2D eigenvalue weighted by Crippen LogP contribution is -2.36. The van der Waals surface area contributed by atoms with E-state index in [0.717, 1.165) is 17.7 Å². The molecular formula is C29H24F2N4O4. The number of nitriles is 1. The van der Waals surface area contributed by atoms with Crippen LogP contribution in [0.2, 0.25) is 0 Å². The van der Waals surface area contributed by atoms with E-state index in [1.807, 2.05) is 13.8 Å². The van der Waals surface area contributed by atoms with E-state index in [1.165, 1.54) is 18.0 Å². The third-order valence-corrected chi connectivity index (χ3v) is 6.72. The van der Waals surface area contributed by atoms with Gasteiger partial charge in [-0.15, -0.1) is 0 Å². The molecule has 0 radical (unpaired) electrons. The molecule has 0 spiro atoms. The summed E-state index contributed by atoms with van der Waals surface area (Å²) in [5.74, 6) is -1.94. The molecule has 3 aromatic carbocycles. The van der Waals surface area contributed by atoms with E-state index in [4.69, 9.17) is 9.15 Å². The van der Waals surface area contributed by atoms with Crippen LogP contribution in [0, 0.1) is 23.0 Å². The van der Waals surface area contributed by atoms with Gasteiger partial charge in [-0.3, -0.25) is 4.79 Å². The highest BCUT2D eigenvalue weighted by molar-refractivity contribution is 5.94. The first-order valence-electron chi connectivity index (χ1n) is 12.3. The molecule has 10 heteroatoms. The van der Waals surface area contributed by atoms with Crippen molar-refractivity contribution in [3.63, 3.8) is 0 Å². The Morgan fingerprint density at radius 2 is 1.87 bits per heavy atom. The van der Waals surface area contributed by atoms with E-state index in [-0.39, 0.29) is 12.5 Å². The predicted molar refractivity (Wildman–Crippen MR) is 138 cm³/mol. The van der Waals surface area contributed by atoms with Gasteiger partial charge in [0.15, 0.2) is 17.2 Å². The quantitative estimate of drug-likeness (QED) is 0.343. The highest BCUT2D eigenvalue weighted by Crippen LogP contribution is 2.33. The molecule has 1 N–H and O–H groups in total. The first kappa shape index (κ1) is 25.9. The van der Waals surface area contributed by atoms with Crippen molar-refractivity contribution < 1.29 is 27.5 Å². The number of amides is 2. The van der Waals surface area contributed by atoms with E-state index in [9.17, 15) is 23.6 Å². The number of aromatic nitrogens is 1. The number of likely N-dealkylation sites (N-methyl/N-ethyl adjacent to an activating group) is 1. The summed E-state index contributed by atoms with van der Waals surface area (Å²) in [7, 11) is 1.49. The zero-order valence-electron chi connectivity index (χ0n) is 21.4. The van der Waals surface area contributed by atoms with Gasteiger partial charge in [0.25, 0.3) is 5.91 Å². The molecule has 2 amide bonds. The largest absolute Gasteiger partial charge is 0.442 e. The second kappa shape index (κ2) is 10.2. The van der Waals surface area contributed by atoms with Gasteiger partial charge in [0.1, 0.15) is 11.6 Å². The van der Waals surface area contributed by atoms with E-state index in [1.54, 1.807) is 36.4 Å². The number of cyclic esters (lactones) is 1. The Bertz CT molecular complexity index is 1630. The Labute approximate surface area is 222 Å². The molecule has 5 rings (SSSR count). The molecule has 1 fully saturated rings. The van der Waals surface area contributed by atoms with Crippen LogP contribution in [0.25, 0.3) is 22.6 Å². The number of nitrogens with one attached hydrogen (secondary N) is 1. The third kappa shape index (κ3) is 4.91. The summed E-state index contributed by atoms with van der Waals surface area (Å²) in [5, 5.41) is 12.1. The number of oxazole rings is 1. The van der Waals surface area contributed by atoms with E-state index in [0.29, 0.717) is 39.2 Å². The highest BCUT2D eigenvalue weighted by atomic mass is 19.2. The Balaban J connectivity index is 1.31. The maximum atomic E-state index is 13.8. The van der Waals surface area contributed by atoms with Crippen molar-refractivity contribution in [1.29, 1.82) is 5.26 Å². The van der Waals surface area contributed by atoms with E-state index < -0.39 is 35.8 Å². The van der Waals surface area contributed by atoms with Crippen LogP contribution in [0.5, 0.6) is 0 Å². The van der Waals surface area contributed by atoms with Crippen molar-refractivity contribution in [1.82, 2.24) is 15.2 Å². The predicted octanol–water partition coefficient (Wildman–Crippen LogP) is 5.69. The van der Waals surface area contributed by atoms with Gasteiger partial charge < -0.3 is 19.4 Å². The molecule has 2 atom stereocenters. The first-order valence-corrected chi connectivity index (χ1v) is 12.3. The number of hydrogen-bond acceptors (Lipinski definition) is 6. The summed E-state index contributed by atoms with van der Waals surface area (Å²) in [6.45, 7) is 3.98. The minimum atomic E-state index is -1.03. The molecule has 39 heavy (non-hydrogen) atoms. The lowest BCUT2D eigenvalue weighted by atomic mass is 10.00. The van der Waals surface area contributed by atoms with Crippen LogP contribution in [0.4, 0.5) is 13.6 Å². The molecule has 0 aliphatic carbocycles. The number of rotatable bonds is 6. The van der Waals surface area contributed by atoms with Crippen LogP contribution in [0.15, 0.2) is 59.0 Å². The zero-order valence-corrected chi connectivity index (χ0v) is 21.4. The summed E-state index contributed by atoms with van der Waals surface area (Å²) in [6, 6.07) is 14.9. The lowest BCUT2D eigenvalue weighted by molar-refractivity contribution is 0.0902. The number of halogens is 2. The number of fused-ring (bicyclic) bond motifs is 1. The van der Waals surface area contributed by atoms with Gasteiger partial charge in [-0.05, 0) is 60.0 Å². The maximum Gasteiger partial charge on any atom is 0.410 e. The Morgan fingerprint density at radius 3 is 2.54 bits per heavy atom. The standard InChI is InChI=1S/C29H24F2N4O4/c1-15(2)20-10-16(13-32)11-23-26(20)39-28(34-23)18-6-4-17(5-7-18)27(36)33-14-24-25(35(3)29(37)38-24)19-8-9-21(30)22(31)12-19/h4-12,15,24-25H,14H2,1-3H3,(H,33,36)/t24-,25-/m1/s1. The van der Waals surface area contributed by atoms with Gasteiger partial charge in [-0.25, -0.2) is 18.6 Å². The second-order valence-corrected chi connectivity index (χ2v) is 9.64. The molecular weight excluding hydrogens is 506 g/mol. The number of benzene rings is 3. The van der Waals surface area contributed by atoms with Crippen LogP contribution in [0.1, 0.15) is 52.9 Å². The lowest BCUT2D eigenvalue weighted by Gasteiger charge is -2.22. The third-order valence-electron chi connectivity index (χ3n) is 6.72. The Kier molecular flexibility index (Phi) is 6.74. The van der Waals surface area contributed by atoms with Crippen LogP contribution in [0.3, 0.4) is 0 Å². The molecule has 2 heterocycles. The fourth-order valence-corrected chi connectivity index (χ4v) is 4.66. The van der Waals surface area contributed by atoms with E-state index in [2.05, 4.69) is 16.4 Å². The van der Waals surface area contributed by atoms with Gasteiger partial charge in [0, 0.05) is 23.7 Å². The number of ether oxygens (including phenoxy) is 1. The molecule has 1 saturated heterocycles. The average molecular weight is 531 g/mol. The molecule has 4 aromatic rings. The smallest absolute Gasteiger partial charge is 0.410 e. The molecule has 1 aliphatic rings. The molecule has 1 aromatic heterocycles. The summed E-state index contributed by atoms with van der Waals surface area (Å²) in [6.07, 6.45) is -1.43. The van der Waals surface area contributed by atoms with E-state index >= 15 is 0 Å². The summed E-state index contributed by atoms with van der Waals surface area (Å²) < 4.78 is 38.6. The highest BCUT2D eigenvalue weighted by Gasteiger charge is 2.40. The van der Waals surface area contributed by atoms with Crippen molar-refractivity contribution in [3.05, 3.63) is 88.5 Å². The van der Waals surface area contributed by atoms with Crippen molar-refractivity contribution in [2.45, 2.75) is 31.9 Å². The fraction of sp³-hybridized carbons (Fsp3) is 0.241. The van der Waals surface area contributed by atoms with Crippen molar-refractivity contribution in [2.24, 2.45) is 0 Å². The monoisotopic (exact) mass is 530 g/mol. The van der Waals surface area contributed by atoms with Crippen LogP contribution >= 0.6 is 0 Å². The van der Waals surface area contributed by atoms with Gasteiger partial charge in [-0.2, -0.15) is 5.26 Å². The summed E-state index contributed by atoms with van der Waals surface area (Å²) in [4.78, 5) is 30.8. The fourth-order valence-electron chi connectivity index (χ4n) is 4.66. The van der Waals surface area contributed by atoms with Gasteiger partial charge in [-0.1, -0.05) is 19.9 Å². The number of carbonyl (C=O) groups excluding carboxylic acids is 2. The van der Waals surface area contributed by atoms with Crippen molar-refractivity contribution >= 4 is 23.1 Å². The normalized spacial score (nSPS) is 16.9. The first-order chi connectivity index (χ1) is 18.7. The molecule has 0 unspecified atom stereocenters. The second-order valence-electron chi connectivity index (χ2n) is 9.64. The van der Waals surface area contributed by atoms with Crippen molar-refractivity contribution in [3.8, 4) is 17.5 Å². The molecule has 198 valence electrons. The molecule has 8 nitrogen and oxygen atoms in total. The van der Waals surface area contributed by atoms with Gasteiger partial charge in [0.2, 0.25) is 5.89 Å². The molecule has 0 bridgehead atoms. The topological polar surface area (TPSA) is 108 Å². The molecule has 0 saturated carbocycles. The summed E-state index contributed by atoms with van der Waals surface area (Å²) in [5.41, 5.74) is 3.95. The SMILES string of the molecule is CC(C)c1cc(C#N)cc2nc(-c3ccc(C(=O)NC[C@H]4OC(=O)N(C)[C@@H]4c4ccc(F)c(F)c4)cc3)oc12.